The summed E-state index contributed by atoms with van der Waals surface area (Å²) in [6.07, 6.45) is 24.5. The number of rotatable bonds is 3. The zero-order chi connectivity index (χ0) is 17.9. The minimum Gasteiger partial charge on any atom is -0.103 e. The molecule has 0 spiro atoms. The molecule has 140 valence electrons. The van der Waals surface area contributed by atoms with Crippen molar-refractivity contribution in [2.75, 3.05) is 0 Å². The Hall–Kier alpha value is -1.04. The molecule has 0 amide bonds. The second-order valence-corrected chi connectivity index (χ2v) is 10.6. The highest BCUT2D eigenvalue weighted by Crippen LogP contribution is 2.67. The Morgan fingerprint density at radius 1 is 1.12 bits per heavy atom. The highest BCUT2D eigenvalue weighted by atomic mass is 14.6. The molecule has 5 aliphatic carbocycles. The fourth-order valence-electron chi connectivity index (χ4n) is 8.12. The molecule has 0 aliphatic heterocycles. The lowest BCUT2D eigenvalue weighted by molar-refractivity contribution is -0.0427. The van der Waals surface area contributed by atoms with E-state index in [0.29, 0.717) is 10.8 Å². The molecule has 0 nitrogen and oxygen atoms in total. The summed E-state index contributed by atoms with van der Waals surface area (Å²) in [7, 11) is 0. The molecule has 0 heterocycles. The van der Waals surface area contributed by atoms with Gasteiger partial charge in [-0.05, 0) is 104 Å². The van der Waals surface area contributed by atoms with Crippen LogP contribution >= 0.6 is 0 Å². The van der Waals surface area contributed by atoms with Gasteiger partial charge in [-0.1, -0.05) is 49.8 Å². The lowest BCUT2D eigenvalue weighted by Gasteiger charge is -2.58. The molecular formula is C26H36. The number of allylic oxidation sites excluding steroid dienone is 7. The fourth-order valence-corrected chi connectivity index (χ4v) is 8.12. The number of hydrogen-bond donors (Lipinski definition) is 0. The molecule has 0 radical (unpaired) electrons. The van der Waals surface area contributed by atoms with Crippen molar-refractivity contribution in [3.63, 3.8) is 0 Å². The third-order valence-electron chi connectivity index (χ3n) is 9.80. The van der Waals surface area contributed by atoms with Gasteiger partial charge in [0.25, 0.3) is 0 Å². The van der Waals surface area contributed by atoms with E-state index in [2.05, 4.69) is 50.8 Å². The van der Waals surface area contributed by atoms with Crippen molar-refractivity contribution in [2.24, 2.45) is 40.4 Å². The van der Waals surface area contributed by atoms with Gasteiger partial charge in [-0.3, -0.25) is 0 Å². The van der Waals surface area contributed by atoms with E-state index >= 15 is 0 Å². The van der Waals surface area contributed by atoms with E-state index in [-0.39, 0.29) is 0 Å². The third-order valence-corrected chi connectivity index (χ3v) is 9.80. The fraction of sp³-hybridized carbons (Fsp3) is 0.692. The molecule has 3 saturated carbocycles. The molecule has 7 atom stereocenters. The predicted molar refractivity (Wildman–Crippen MR) is 111 cm³/mol. The van der Waals surface area contributed by atoms with Gasteiger partial charge in [-0.25, -0.2) is 0 Å². The molecule has 0 aromatic rings. The van der Waals surface area contributed by atoms with Crippen LogP contribution in [-0.4, -0.2) is 0 Å². The van der Waals surface area contributed by atoms with Gasteiger partial charge >= 0.3 is 0 Å². The molecule has 3 fully saturated rings. The van der Waals surface area contributed by atoms with Crippen LogP contribution in [0.15, 0.2) is 48.1 Å². The monoisotopic (exact) mass is 348 g/mol. The van der Waals surface area contributed by atoms with Crippen LogP contribution in [0.2, 0.25) is 0 Å². The quantitative estimate of drug-likeness (QED) is 0.471. The van der Waals surface area contributed by atoms with Gasteiger partial charge in [-0.15, -0.1) is 6.58 Å². The molecule has 26 heavy (non-hydrogen) atoms. The van der Waals surface area contributed by atoms with E-state index in [1.165, 1.54) is 57.8 Å². The number of hydrogen-bond acceptors (Lipinski definition) is 0. The maximum absolute atomic E-state index is 4.05. The summed E-state index contributed by atoms with van der Waals surface area (Å²) >= 11 is 0. The summed E-state index contributed by atoms with van der Waals surface area (Å²) in [4.78, 5) is 0. The molecule has 0 heteroatoms. The van der Waals surface area contributed by atoms with Gasteiger partial charge in [-0.2, -0.15) is 0 Å². The van der Waals surface area contributed by atoms with Crippen molar-refractivity contribution in [3.8, 4) is 0 Å². The van der Waals surface area contributed by atoms with Crippen LogP contribution in [-0.2, 0) is 0 Å². The molecule has 4 unspecified atom stereocenters. The SMILES string of the molecule is C=CCC1CCC2C3CC=C4C[C@@H](C5=CC=C5)CC[C@]4(C)C3CC[C@]12C. The Morgan fingerprint density at radius 2 is 1.96 bits per heavy atom. The van der Waals surface area contributed by atoms with E-state index < -0.39 is 0 Å². The lowest BCUT2D eigenvalue weighted by Crippen LogP contribution is -2.50. The molecular weight excluding hydrogens is 312 g/mol. The zero-order valence-electron chi connectivity index (χ0n) is 16.8. The van der Waals surface area contributed by atoms with E-state index in [1.54, 1.807) is 5.57 Å². The summed E-state index contributed by atoms with van der Waals surface area (Å²) in [5.74, 6) is 4.59. The predicted octanol–water partition coefficient (Wildman–Crippen LogP) is 7.25. The van der Waals surface area contributed by atoms with Gasteiger partial charge in [0.2, 0.25) is 0 Å². The van der Waals surface area contributed by atoms with Crippen LogP contribution in [0.5, 0.6) is 0 Å². The maximum atomic E-state index is 4.05. The normalized spacial score (nSPS) is 49.2. The topological polar surface area (TPSA) is 0 Å². The maximum Gasteiger partial charge on any atom is -0.00848 e. The largest absolute Gasteiger partial charge is 0.103 e. The smallest absolute Gasteiger partial charge is 0.00848 e. The minimum atomic E-state index is 0.505. The molecule has 0 aromatic carbocycles. The van der Waals surface area contributed by atoms with Crippen molar-refractivity contribution < 1.29 is 0 Å². The first-order valence-electron chi connectivity index (χ1n) is 11.2. The summed E-state index contributed by atoms with van der Waals surface area (Å²) < 4.78 is 0. The van der Waals surface area contributed by atoms with Crippen molar-refractivity contribution in [3.05, 3.63) is 48.1 Å². The highest BCUT2D eigenvalue weighted by molar-refractivity contribution is 5.39. The van der Waals surface area contributed by atoms with Crippen molar-refractivity contribution in [1.82, 2.24) is 0 Å². The Bertz CT molecular complexity index is 691. The summed E-state index contributed by atoms with van der Waals surface area (Å²) in [6.45, 7) is 9.34. The zero-order valence-corrected chi connectivity index (χ0v) is 16.8. The van der Waals surface area contributed by atoms with Crippen LogP contribution in [0.3, 0.4) is 0 Å². The number of fused-ring (bicyclic) bond motifs is 5. The van der Waals surface area contributed by atoms with Crippen LogP contribution in [0.1, 0.15) is 71.6 Å². The first kappa shape index (κ1) is 17.1. The van der Waals surface area contributed by atoms with Gasteiger partial charge in [0.05, 0.1) is 0 Å². The van der Waals surface area contributed by atoms with Crippen LogP contribution in [0.25, 0.3) is 0 Å². The Kier molecular flexibility index (Phi) is 3.93. The van der Waals surface area contributed by atoms with Crippen LogP contribution in [0, 0.1) is 40.4 Å². The summed E-state index contributed by atoms with van der Waals surface area (Å²) in [5.41, 5.74) is 4.55. The molecule has 5 rings (SSSR count). The average molecular weight is 349 g/mol. The Balaban J connectivity index is 1.41. The van der Waals surface area contributed by atoms with E-state index in [4.69, 9.17) is 0 Å². The van der Waals surface area contributed by atoms with Crippen molar-refractivity contribution in [1.29, 1.82) is 0 Å². The highest BCUT2D eigenvalue weighted by Gasteiger charge is 2.58. The minimum absolute atomic E-state index is 0.505. The molecule has 0 bridgehead atoms. The van der Waals surface area contributed by atoms with Gasteiger partial charge < -0.3 is 0 Å². The molecule has 5 aliphatic rings. The van der Waals surface area contributed by atoms with E-state index in [1.807, 2.05) is 5.57 Å². The van der Waals surface area contributed by atoms with Gasteiger partial charge in [0.1, 0.15) is 0 Å². The molecule has 0 aromatic heterocycles. The van der Waals surface area contributed by atoms with E-state index in [0.717, 1.165) is 29.6 Å². The Labute approximate surface area is 160 Å². The molecule has 0 saturated heterocycles. The summed E-state index contributed by atoms with van der Waals surface area (Å²) in [6, 6.07) is 0. The third kappa shape index (κ3) is 2.26. The lowest BCUT2D eigenvalue weighted by atomic mass is 9.46. The summed E-state index contributed by atoms with van der Waals surface area (Å²) in [5, 5.41) is 0. The standard InChI is InChI=1S/C26H36/c1-4-6-20-10-12-23-22-11-9-21-17-19(18-7-5-8-18)13-15-26(21,3)24(22)14-16-25(20,23)2/h4-5,7-9,19-20,22-24H,1,6,10-17H2,2-3H3/t19-,20?,22?,23?,24?,25+,26-/m0/s1. The van der Waals surface area contributed by atoms with E-state index in [9.17, 15) is 0 Å². The first-order valence-corrected chi connectivity index (χ1v) is 11.2. The van der Waals surface area contributed by atoms with Gasteiger partial charge in [0.15, 0.2) is 0 Å². The van der Waals surface area contributed by atoms with Crippen LogP contribution in [0.4, 0.5) is 0 Å². The van der Waals surface area contributed by atoms with Crippen LogP contribution < -0.4 is 0 Å². The average Bonchev–Trinajstić information content (AvgIpc) is 2.91. The molecule has 0 N–H and O–H groups in total. The first-order chi connectivity index (χ1) is 12.6. The van der Waals surface area contributed by atoms with Gasteiger partial charge in [0, 0.05) is 0 Å². The van der Waals surface area contributed by atoms with Crippen molar-refractivity contribution >= 4 is 0 Å². The second kappa shape index (κ2) is 5.98. The van der Waals surface area contributed by atoms with Crippen molar-refractivity contribution in [2.45, 2.75) is 71.6 Å². The second-order valence-electron chi connectivity index (χ2n) is 10.6. The Morgan fingerprint density at radius 3 is 2.69 bits per heavy atom.